The van der Waals surface area contributed by atoms with Gasteiger partial charge in [0.1, 0.15) is 5.76 Å². The Kier molecular flexibility index (Phi) is 5.77. The number of ketones is 1. The van der Waals surface area contributed by atoms with Gasteiger partial charge in [0.25, 0.3) is 11.7 Å². The highest BCUT2D eigenvalue weighted by molar-refractivity contribution is 9.10. The molecule has 1 heterocycles. The van der Waals surface area contributed by atoms with E-state index in [-0.39, 0.29) is 17.9 Å². The van der Waals surface area contributed by atoms with Crippen LogP contribution in [0.15, 0.2) is 58.6 Å². The van der Waals surface area contributed by atoms with Crippen molar-refractivity contribution < 1.29 is 19.4 Å². The average Bonchev–Trinajstić information content (AvgIpc) is 2.91. The molecule has 3 rings (SSSR count). The first-order valence-corrected chi connectivity index (χ1v) is 9.33. The van der Waals surface area contributed by atoms with Gasteiger partial charge in [-0.2, -0.15) is 0 Å². The van der Waals surface area contributed by atoms with E-state index in [2.05, 4.69) is 15.9 Å². The third-order valence-electron chi connectivity index (χ3n) is 4.59. The van der Waals surface area contributed by atoms with Crippen molar-refractivity contribution >= 4 is 33.4 Å². The topological polar surface area (TPSA) is 66.8 Å². The number of benzene rings is 2. The Morgan fingerprint density at radius 2 is 1.74 bits per heavy atom. The van der Waals surface area contributed by atoms with E-state index < -0.39 is 17.7 Å². The van der Waals surface area contributed by atoms with Crippen molar-refractivity contribution in [3.63, 3.8) is 0 Å². The molecule has 1 fully saturated rings. The zero-order valence-corrected chi connectivity index (χ0v) is 16.7. The van der Waals surface area contributed by atoms with Gasteiger partial charge in [0.05, 0.1) is 18.2 Å². The van der Waals surface area contributed by atoms with Gasteiger partial charge in [0.2, 0.25) is 0 Å². The summed E-state index contributed by atoms with van der Waals surface area (Å²) in [6.45, 7) is 2.49. The maximum absolute atomic E-state index is 12.8. The van der Waals surface area contributed by atoms with Crippen LogP contribution in [0.4, 0.5) is 0 Å². The average molecular weight is 430 g/mol. The van der Waals surface area contributed by atoms with Crippen LogP contribution in [-0.4, -0.2) is 42.0 Å². The second-order valence-electron chi connectivity index (χ2n) is 6.40. The predicted octanol–water partition coefficient (Wildman–Crippen LogP) is 3.83. The van der Waals surface area contributed by atoms with Gasteiger partial charge in [-0.1, -0.05) is 57.9 Å². The van der Waals surface area contributed by atoms with Crippen LogP contribution in [0, 0.1) is 6.92 Å². The monoisotopic (exact) mass is 429 g/mol. The van der Waals surface area contributed by atoms with E-state index in [9.17, 15) is 14.7 Å². The molecular weight excluding hydrogens is 410 g/mol. The maximum Gasteiger partial charge on any atom is 0.295 e. The first kappa shape index (κ1) is 19.3. The van der Waals surface area contributed by atoms with Crippen molar-refractivity contribution in [3.8, 4) is 0 Å². The summed E-state index contributed by atoms with van der Waals surface area (Å²) in [7, 11) is 1.54. The molecule has 27 heavy (non-hydrogen) atoms. The molecule has 0 unspecified atom stereocenters. The minimum atomic E-state index is -0.683. The molecule has 0 bridgehead atoms. The predicted molar refractivity (Wildman–Crippen MR) is 106 cm³/mol. The van der Waals surface area contributed by atoms with Gasteiger partial charge < -0.3 is 14.7 Å². The lowest BCUT2D eigenvalue weighted by Crippen LogP contribution is -2.32. The molecule has 0 saturated carbocycles. The van der Waals surface area contributed by atoms with Crippen molar-refractivity contribution in [1.29, 1.82) is 0 Å². The molecule has 2 aromatic carbocycles. The molecular formula is C21H20BrNO4. The second-order valence-corrected chi connectivity index (χ2v) is 7.32. The Bertz CT molecular complexity index is 887. The zero-order chi connectivity index (χ0) is 19.6. The number of halogens is 1. The van der Waals surface area contributed by atoms with Crippen LogP contribution in [0.5, 0.6) is 0 Å². The minimum absolute atomic E-state index is 0.0993. The van der Waals surface area contributed by atoms with Crippen molar-refractivity contribution in [1.82, 2.24) is 4.90 Å². The van der Waals surface area contributed by atoms with Gasteiger partial charge in [-0.05, 0) is 24.6 Å². The summed E-state index contributed by atoms with van der Waals surface area (Å²) < 4.78 is 5.98. The molecule has 0 aliphatic carbocycles. The molecule has 1 N–H and O–H groups in total. The number of methoxy groups -OCH3 is 1. The summed E-state index contributed by atoms with van der Waals surface area (Å²) in [5.41, 5.74) is 2.40. The minimum Gasteiger partial charge on any atom is -0.507 e. The standard InChI is InChI=1S/C21H20BrNO4/c1-13-3-5-15(6-4-13)19(24)17-18(14-7-9-16(22)10-8-14)23(11-12-27-2)21(26)20(17)25/h3-10,18,24H,11-12H2,1-2H3/t18-/m0/s1. The fourth-order valence-corrected chi connectivity index (χ4v) is 3.42. The molecule has 6 heteroatoms. The highest BCUT2D eigenvalue weighted by Crippen LogP contribution is 2.39. The first-order valence-electron chi connectivity index (χ1n) is 8.54. The van der Waals surface area contributed by atoms with E-state index in [1.54, 1.807) is 12.1 Å². The number of likely N-dealkylation sites (tertiary alicyclic amines) is 1. The van der Waals surface area contributed by atoms with Gasteiger partial charge in [-0.25, -0.2) is 0 Å². The quantitative estimate of drug-likeness (QED) is 0.445. The van der Waals surface area contributed by atoms with E-state index in [0.717, 1.165) is 15.6 Å². The Hall–Kier alpha value is -2.44. The molecule has 140 valence electrons. The van der Waals surface area contributed by atoms with E-state index in [1.807, 2.05) is 43.3 Å². The first-order chi connectivity index (χ1) is 12.9. The molecule has 1 aliphatic rings. The molecule has 2 aromatic rings. The second kappa shape index (κ2) is 8.06. The number of rotatable bonds is 5. The lowest BCUT2D eigenvalue weighted by Gasteiger charge is -2.25. The van der Waals surface area contributed by atoms with Gasteiger partial charge in [0.15, 0.2) is 0 Å². The van der Waals surface area contributed by atoms with Crippen molar-refractivity contribution in [2.45, 2.75) is 13.0 Å². The Morgan fingerprint density at radius 3 is 2.33 bits per heavy atom. The lowest BCUT2D eigenvalue weighted by atomic mass is 9.95. The molecule has 1 atom stereocenters. The summed E-state index contributed by atoms with van der Waals surface area (Å²) in [6, 6.07) is 13.9. The zero-order valence-electron chi connectivity index (χ0n) is 15.1. The lowest BCUT2D eigenvalue weighted by molar-refractivity contribution is -0.140. The SMILES string of the molecule is COCCN1C(=O)C(=O)C(=C(O)c2ccc(C)cc2)[C@@H]1c1ccc(Br)cc1. The van der Waals surface area contributed by atoms with E-state index in [1.165, 1.54) is 12.0 Å². The Morgan fingerprint density at radius 1 is 1.11 bits per heavy atom. The van der Waals surface area contributed by atoms with Gasteiger partial charge in [0, 0.05) is 23.7 Å². The van der Waals surface area contributed by atoms with Crippen molar-refractivity contribution in [3.05, 3.63) is 75.3 Å². The van der Waals surface area contributed by atoms with Crippen LogP contribution < -0.4 is 0 Å². The van der Waals surface area contributed by atoms with E-state index in [0.29, 0.717) is 12.2 Å². The summed E-state index contributed by atoms with van der Waals surface area (Å²) in [6.07, 6.45) is 0. The smallest absolute Gasteiger partial charge is 0.295 e. The van der Waals surface area contributed by atoms with Gasteiger partial charge in [-0.15, -0.1) is 0 Å². The third kappa shape index (κ3) is 3.82. The number of nitrogens with zero attached hydrogens (tertiary/aromatic N) is 1. The molecule has 1 aliphatic heterocycles. The number of aliphatic hydroxyl groups is 1. The van der Waals surface area contributed by atoms with Crippen LogP contribution in [0.25, 0.3) is 5.76 Å². The van der Waals surface area contributed by atoms with Crippen LogP contribution in [0.2, 0.25) is 0 Å². The van der Waals surface area contributed by atoms with Crippen LogP contribution in [0.3, 0.4) is 0 Å². The summed E-state index contributed by atoms with van der Waals surface area (Å²) >= 11 is 3.39. The van der Waals surface area contributed by atoms with Crippen molar-refractivity contribution in [2.75, 3.05) is 20.3 Å². The summed E-state index contributed by atoms with van der Waals surface area (Å²) in [5.74, 6) is -1.48. The number of hydrogen-bond donors (Lipinski definition) is 1. The van der Waals surface area contributed by atoms with Crippen LogP contribution in [0.1, 0.15) is 22.7 Å². The number of aryl methyl sites for hydroxylation is 1. The number of ether oxygens (including phenoxy) is 1. The number of carbonyl (C=O) groups excluding carboxylic acids is 2. The Balaban J connectivity index is 2.14. The van der Waals surface area contributed by atoms with Crippen LogP contribution in [-0.2, 0) is 14.3 Å². The number of Topliss-reactive ketones (excluding diaryl/α,β-unsaturated/α-hetero) is 1. The van der Waals surface area contributed by atoms with Crippen LogP contribution >= 0.6 is 15.9 Å². The van der Waals surface area contributed by atoms with Crippen molar-refractivity contribution in [2.24, 2.45) is 0 Å². The summed E-state index contributed by atoms with van der Waals surface area (Å²) in [5, 5.41) is 10.9. The third-order valence-corrected chi connectivity index (χ3v) is 5.12. The van der Waals surface area contributed by atoms with E-state index in [4.69, 9.17) is 4.74 Å². The Labute approximate surface area is 166 Å². The summed E-state index contributed by atoms with van der Waals surface area (Å²) in [4.78, 5) is 26.8. The molecule has 0 radical (unpaired) electrons. The molecule has 0 aromatic heterocycles. The normalized spacial score (nSPS) is 18.9. The highest BCUT2D eigenvalue weighted by atomic mass is 79.9. The maximum atomic E-state index is 12.8. The highest BCUT2D eigenvalue weighted by Gasteiger charge is 2.45. The largest absolute Gasteiger partial charge is 0.507 e. The number of aliphatic hydroxyl groups excluding tert-OH is 1. The number of hydrogen-bond acceptors (Lipinski definition) is 4. The molecule has 5 nitrogen and oxygen atoms in total. The molecule has 1 saturated heterocycles. The molecule has 0 spiro atoms. The number of carbonyl (C=O) groups is 2. The van der Waals surface area contributed by atoms with Gasteiger partial charge >= 0.3 is 0 Å². The van der Waals surface area contributed by atoms with E-state index >= 15 is 0 Å². The van der Waals surface area contributed by atoms with Gasteiger partial charge in [-0.3, -0.25) is 9.59 Å². The number of amides is 1. The fourth-order valence-electron chi connectivity index (χ4n) is 3.16. The molecule has 1 amide bonds. The fraction of sp³-hybridized carbons (Fsp3) is 0.238.